The summed E-state index contributed by atoms with van der Waals surface area (Å²) < 4.78 is 0. The third-order valence-electron chi connectivity index (χ3n) is 4.25. The number of guanidine groups is 1. The standard InChI is InChI=1S/C16H27N5OS/c1-12-19-15(11-23-12)10-20(4)16(17-3)18-9-14-5-7-21(8-6-14)13(2)22/h11,14H,5-10H2,1-4H3,(H,17,18). The molecule has 1 N–H and O–H groups in total. The van der Waals surface area contributed by atoms with Crippen molar-refractivity contribution in [1.82, 2.24) is 20.1 Å². The van der Waals surface area contributed by atoms with Crippen LogP contribution in [-0.2, 0) is 11.3 Å². The molecular weight excluding hydrogens is 310 g/mol. The molecule has 1 saturated heterocycles. The van der Waals surface area contributed by atoms with Crippen molar-refractivity contribution in [2.45, 2.75) is 33.2 Å². The zero-order valence-electron chi connectivity index (χ0n) is 14.5. The Hall–Kier alpha value is -1.63. The number of carbonyl (C=O) groups is 1. The summed E-state index contributed by atoms with van der Waals surface area (Å²) in [6.07, 6.45) is 2.11. The van der Waals surface area contributed by atoms with Gasteiger partial charge in [0.05, 0.1) is 17.2 Å². The van der Waals surface area contributed by atoms with E-state index in [0.29, 0.717) is 5.92 Å². The quantitative estimate of drug-likeness (QED) is 0.671. The van der Waals surface area contributed by atoms with Gasteiger partial charge in [0.15, 0.2) is 5.96 Å². The molecule has 1 amide bonds. The summed E-state index contributed by atoms with van der Waals surface area (Å²) in [4.78, 5) is 24.3. The van der Waals surface area contributed by atoms with E-state index in [1.165, 1.54) is 0 Å². The summed E-state index contributed by atoms with van der Waals surface area (Å²) in [5.41, 5.74) is 1.08. The topological polar surface area (TPSA) is 60.8 Å². The second-order valence-corrected chi connectivity index (χ2v) is 7.15. The Bertz CT molecular complexity index is 548. The van der Waals surface area contributed by atoms with Crippen LogP contribution in [0.15, 0.2) is 10.4 Å². The van der Waals surface area contributed by atoms with E-state index in [0.717, 1.165) is 55.7 Å². The van der Waals surface area contributed by atoms with Crippen LogP contribution in [-0.4, -0.2) is 60.4 Å². The average molecular weight is 337 g/mol. The molecule has 0 unspecified atom stereocenters. The molecule has 23 heavy (non-hydrogen) atoms. The number of carbonyl (C=O) groups excluding carboxylic acids is 1. The van der Waals surface area contributed by atoms with Crippen LogP contribution in [0.2, 0.25) is 0 Å². The number of hydrogen-bond acceptors (Lipinski definition) is 4. The van der Waals surface area contributed by atoms with Crippen LogP contribution in [0.5, 0.6) is 0 Å². The first-order valence-corrected chi connectivity index (χ1v) is 8.96. The molecule has 6 nitrogen and oxygen atoms in total. The van der Waals surface area contributed by atoms with Crippen molar-refractivity contribution in [2.24, 2.45) is 10.9 Å². The number of thiazole rings is 1. The smallest absolute Gasteiger partial charge is 0.219 e. The Labute approximate surface area is 142 Å². The van der Waals surface area contributed by atoms with Crippen LogP contribution < -0.4 is 5.32 Å². The van der Waals surface area contributed by atoms with Gasteiger partial charge in [-0.1, -0.05) is 0 Å². The predicted molar refractivity (Wildman–Crippen MR) is 94.7 cm³/mol. The first kappa shape index (κ1) is 17.7. The fourth-order valence-corrected chi connectivity index (χ4v) is 3.47. The van der Waals surface area contributed by atoms with Crippen molar-refractivity contribution in [3.63, 3.8) is 0 Å². The molecule has 0 atom stereocenters. The van der Waals surface area contributed by atoms with Crippen LogP contribution in [0.25, 0.3) is 0 Å². The summed E-state index contributed by atoms with van der Waals surface area (Å²) in [6.45, 7) is 7.07. The number of rotatable bonds is 4. The zero-order valence-corrected chi connectivity index (χ0v) is 15.3. The molecule has 0 bridgehead atoms. The van der Waals surface area contributed by atoms with Gasteiger partial charge in [-0.25, -0.2) is 4.98 Å². The molecule has 0 radical (unpaired) electrons. The highest BCUT2D eigenvalue weighted by molar-refractivity contribution is 7.09. The Balaban J connectivity index is 1.78. The highest BCUT2D eigenvalue weighted by Gasteiger charge is 2.21. The molecule has 1 aromatic rings. The summed E-state index contributed by atoms with van der Waals surface area (Å²) in [6, 6.07) is 0. The Kier molecular flexibility index (Phi) is 6.38. The number of aryl methyl sites for hydroxylation is 1. The van der Waals surface area contributed by atoms with Gasteiger partial charge >= 0.3 is 0 Å². The van der Waals surface area contributed by atoms with Crippen molar-refractivity contribution in [3.05, 3.63) is 16.1 Å². The number of nitrogens with one attached hydrogen (secondary N) is 1. The molecule has 1 aliphatic heterocycles. The molecule has 0 aromatic carbocycles. The van der Waals surface area contributed by atoms with Crippen LogP contribution in [0, 0.1) is 12.8 Å². The first-order valence-electron chi connectivity index (χ1n) is 8.08. The average Bonchev–Trinajstić information content (AvgIpc) is 2.93. The van der Waals surface area contributed by atoms with Gasteiger partial charge in [-0.15, -0.1) is 11.3 Å². The molecule has 0 aliphatic carbocycles. The minimum atomic E-state index is 0.186. The number of likely N-dealkylation sites (tertiary alicyclic amines) is 1. The van der Waals surface area contributed by atoms with E-state index in [4.69, 9.17) is 0 Å². The molecule has 0 spiro atoms. The van der Waals surface area contributed by atoms with Crippen LogP contribution in [0.1, 0.15) is 30.5 Å². The number of piperidine rings is 1. The first-order chi connectivity index (χ1) is 11.0. The van der Waals surface area contributed by atoms with Gasteiger partial charge in [0.1, 0.15) is 0 Å². The molecule has 1 fully saturated rings. The fraction of sp³-hybridized carbons (Fsp3) is 0.688. The summed E-state index contributed by atoms with van der Waals surface area (Å²) in [5, 5.41) is 6.64. The van der Waals surface area contributed by atoms with Gasteiger partial charge in [-0.3, -0.25) is 9.79 Å². The Morgan fingerprint density at radius 2 is 2.22 bits per heavy atom. The van der Waals surface area contributed by atoms with Gasteiger partial charge in [0, 0.05) is 46.0 Å². The van der Waals surface area contributed by atoms with Crippen LogP contribution in [0.4, 0.5) is 0 Å². The lowest BCUT2D eigenvalue weighted by Crippen LogP contribution is -2.44. The maximum absolute atomic E-state index is 11.4. The lowest BCUT2D eigenvalue weighted by molar-refractivity contribution is -0.130. The minimum Gasteiger partial charge on any atom is -0.356 e. The van der Waals surface area contributed by atoms with Crippen LogP contribution in [0.3, 0.4) is 0 Å². The second kappa shape index (κ2) is 8.29. The Morgan fingerprint density at radius 1 is 1.52 bits per heavy atom. The van der Waals surface area contributed by atoms with Crippen molar-refractivity contribution in [2.75, 3.05) is 33.7 Å². The molecule has 128 valence electrons. The number of nitrogens with zero attached hydrogens (tertiary/aromatic N) is 4. The zero-order chi connectivity index (χ0) is 16.8. The molecule has 1 aromatic heterocycles. The van der Waals surface area contributed by atoms with E-state index in [-0.39, 0.29) is 5.91 Å². The molecule has 0 saturated carbocycles. The van der Waals surface area contributed by atoms with Crippen molar-refractivity contribution >= 4 is 23.2 Å². The maximum Gasteiger partial charge on any atom is 0.219 e. The van der Waals surface area contributed by atoms with Crippen LogP contribution >= 0.6 is 11.3 Å². The maximum atomic E-state index is 11.4. The van der Waals surface area contributed by atoms with Gasteiger partial charge in [0.25, 0.3) is 0 Å². The van der Waals surface area contributed by atoms with Gasteiger partial charge in [-0.2, -0.15) is 0 Å². The second-order valence-electron chi connectivity index (χ2n) is 6.09. The summed E-state index contributed by atoms with van der Waals surface area (Å²) >= 11 is 1.67. The number of hydrogen-bond donors (Lipinski definition) is 1. The monoisotopic (exact) mass is 337 g/mol. The summed E-state index contributed by atoms with van der Waals surface area (Å²) in [7, 11) is 3.84. The van der Waals surface area contributed by atoms with Crippen molar-refractivity contribution in [1.29, 1.82) is 0 Å². The van der Waals surface area contributed by atoms with Gasteiger partial charge in [-0.05, 0) is 25.7 Å². The third-order valence-corrected chi connectivity index (χ3v) is 5.07. The van der Waals surface area contributed by atoms with Crippen molar-refractivity contribution < 1.29 is 4.79 Å². The summed E-state index contributed by atoms with van der Waals surface area (Å²) in [5.74, 6) is 1.67. The fourth-order valence-electron chi connectivity index (χ4n) is 2.87. The van der Waals surface area contributed by atoms with E-state index >= 15 is 0 Å². The Morgan fingerprint density at radius 3 is 2.74 bits per heavy atom. The van der Waals surface area contributed by atoms with E-state index < -0.39 is 0 Å². The van der Waals surface area contributed by atoms with E-state index in [1.54, 1.807) is 18.3 Å². The minimum absolute atomic E-state index is 0.186. The van der Waals surface area contributed by atoms with E-state index in [9.17, 15) is 4.79 Å². The third kappa shape index (κ3) is 5.20. The lowest BCUT2D eigenvalue weighted by Gasteiger charge is -2.32. The number of amides is 1. The molecule has 7 heteroatoms. The number of aromatic nitrogens is 1. The van der Waals surface area contributed by atoms with Gasteiger partial charge in [0.2, 0.25) is 5.91 Å². The number of aliphatic imine (C=N–C) groups is 1. The van der Waals surface area contributed by atoms with E-state index in [1.807, 2.05) is 25.9 Å². The normalized spacial score (nSPS) is 16.5. The van der Waals surface area contributed by atoms with E-state index in [2.05, 4.69) is 25.6 Å². The molecule has 2 rings (SSSR count). The highest BCUT2D eigenvalue weighted by Crippen LogP contribution is 2.16. The van der Waals surface area contributed by atoms with Gasteiger partial charge < -0.3 is 15.1 Å². The highest BCUT2D eigenvalue weighted by atomic mass is 32.1. The largest absolute Gasteiger partial charge is 0.356 e. The molecule has 2 heterocycles. The molecule has 1 aliphatic rings. The van der Waals surface area contributed by atoms with Crippen molar-refractivity contribution in [3.8, 4) is 0 Å². The lowest BCUT2D eigenvalue weighted by atomic mass is 9.97. The SMILES string of the molecule is CN=C(NCC1CCN(C(C)=O)CC1)N(C)Cc1csc(C)n1. The predicted octanol–water partition coefficient (Wildman–Crippen LogP) is 1.72. The molecular formula is C16H27N5OS.